The molecule has 35 heavy (non-hydrogen) atoms. The molecule has 1 N–H and O–H groups in total. The maximum atomic E-state index is 14.6. The van der Waals surface area contributed by atoms with Gasteiger partial charge in [0.25, 0.3) is 0 Å². The van der Waals surface area contributed by atoms with Gasteiger partial charge in [0.15, 0.2) is 0 Å². The van der Waals surface area contributed by atoms with E-state index in [2.05, 4.69) is 38.6 Å². The first-order chi connectivity index (χ1) is 17.1. The van der Waals surface area contributed by atoms with E-state index < -0.39 is 0 Å². The molecule has 1 aromatic heterocycles. The molecule has 3 aliphatic rings. The number of fused-ring (bicyclic) bond motifs is 4. The van der Waals surface area contributed by atoms with Crippen molar-refractivity contribution in [3.63, 3.8) is 0 Å². The van der Waals surface area contributed by atoms with E-state index in [0.717, 1.165) is 57.4 Å². The van der Waals surface area contributed by atoms with Crippen LogP contribution in [-0.4, -0.2) is 51.6 Å². The maximum absolute atomic E-state index is 14.6. The monoisotopic (exact) mass is 475 g/mol. The van der Waals surface area contributed by atoms with E-state index in [9.17, 15) is 14.3 Å². The van der Waals surface area contributed by atoms with E-state index in [0.29, 0.717) is 24.6 Å². The summed E-state index contributed by atoms with van der Waals surface area (Å²) in [6, 6.07) is 15.6. The van der Waals surface area contributed by atoms with Crippen LogP contribution in [0.4, 0.5) is 4.39 Å². The van der Waals surface area contributed by atoms with E-state index in [1.165, 1.54) is 29.1 Å². The molecule has 184 valence electrons. The molecule has 0 bridgehead atoms. The van der Waals surface area contributed by atoms with Gasteiger partial charge < -0.3 is 14.6 Å². The molecule has 3 heterocycles. The number of hydrogen-bond donors (Lipinski definition) is 1. The van der Waals surface area contributed by atoms with E-state index in [-0.39, 0.29) is 23.8 Å². The summed E-state index contributed by atoms with van der Waals surface area (Å²) in [5.74, 6) is 0.409. The summed E-state index contributed by atoms with van der Waals surface area (Å²) in [4.78, 5) is 17.5. The van der Waals surface area contributed by atoms with Gasteiger partial charge >= 0.3 is 0 Å². The minimum atomic E-state index is -0.163. The van der Waals surface area contributed by atoms with Gasteiger partial charge in [-0.1, -0.05) is 42.8 Å². The molecule has 1 saturated heterocycles. The maximum Gasteiger partial charge on any atom is 0.225 e. The first-order valence-electron chi connectivity index (χ1n) is 13.1. The van der Waals surface area contributed by atoms with Crippen molar-refractivity contribution in [3.8, 4) is 0 Å². The number of piperidine rings is 1. The van der Waals surface area contributed by atoms with Crippen LogP contribution in [0.15, 0.2) is 48.5 Å². The fourth-order valence-corrected chi connectivity index (χ4v) is 6.70. The average Bonchev–Trinajstić information content (AvgIpc) is 3.14. The number of nitrogens with zero attached hydrogens (tertiary/aromatic N) is 3. The molecule has 5 nitrogen and oxygen atoms in total. The lowest BCUT2D eigenvalue weighted by molar-refractivity contribution is -0.140. The third kappa shape index (κ3) is 3.87. The molecule has 2 aliphatic heterocycles. The Hall–Kier alpha value is -2.70. The number of halogens is 1. The second-order valence-corrected chi connectivity index (χ2v) is 10.7. The van der Waals surface area contributed by atoms with Gasteiger partial charge in [0.2, 0.25) is 5.91 Å². The van der Waals surface area contributed by atoms with Crippen LogP contribution in [0.5, 0.6) is 0 Å². The number of hydrogen-bond acceptors (Lipinski definition) is 3. The van der Waals surface area contributed by atoms with Gasteiger partial charge in [0.1, 0.15) is 5.82 Å². The first-order valence-corrected chi connectivity index (χ1v) is 13.1. The highest BCUT2D eigenvalue weighted by Gasteiger charge is 2.46. The SMILES string of the molecule is O=C(C1CCC1)N1CCC2(CC1)CN(Cc1ccccc1F)Cc1c2c2ccccc2n1CCO. The Balaban J connectivity index is 1.39. The number of benzene rings is 2. The highest BCUT2D eigenvalue weighted by molar-refractivity contribution is 5.87. The molecule has 6 rings (SSSR count). The highest BCUT2D eigenvalue weighted by Crippen LogP contribution is 2.47. The molecule has 3 aromatic rings. The molecule has 6 heteroatoms. The minimum Gasteiger partial charge on any atom is -0.395 e. The topological polar surface area (TPSA) is 48.7 Å². The van der Waals surface area contributed by atoms with Crippen LogP contribution in [-0.2, 0) is 29.8 Å². The van der Waals surface area contributed by atoms with Crippen LogP contribution >= 0.6 is 0 Å². The molecule has 1 amide bonds. The molecule has 0 atom stereocenters. The summed E-state index contributed by atoms with van der Waals surface area (Å²) in [6.07, 6.45) is 5.08. The van der Waals surface area contributed by atoms with Gasteiger partial charge in [-0.15, -0.1) is 0 Å². The fourth-order valence-electron chi connectivity index (χ4n) is 6.70. The molecule has 1 aliphatic carbocycles. The number of para-hydroxylation sites is 1. The first kappa shape index (κ1) is 22.7. The largest absolute Gasteiger partial charge is 0.395 e. The van der Waals surface area contributed by atoms with E-state index >= 15 is 0 Å². The zero-order chi connectivity index (χ0) is 24.0. The summed E-state index contributed by atoms with van der Waals surface area (Å²) in [7, 11) is 0. The number of rotatable bonds is 5. The van der Waals surface area contributed by atoms with E-state index in [4.69, 9.17) is 0 Å². The molecular formula is C29H34FN3O2. The summed E-state index contributed by atoms with van der Waals surface area (Å²) >= 11 is 0. The molecule has 1 saturated carbocycles. The lowest BCUT2D eigenvalue weighted by atomic mass is 9.69. The van der Waals surface area contributed by atoms with Crippen molar-refractivity contribution < 1.29 is 14.3 Å². The van der Waals surface area contributed by atoms with Crippen LogP contribution in [0.2, 0.25) is 0 Å². The number of likely N-dealkylation sites (tertiary alicyclic amines) is 1. The fraction of sp³-hybridized carbons (Fsp3) is 0.483. The van der Waals surface area contributed by atoms with Gasteiger partial charge in [0, 0.05) is 72.8 Å². The number of carbonyl (C=O) groups excluding carboxylic acids is 1. The molecule has 2 aromatic carbocycles. The second-order valence-electron chi connectivity index (χ2n) is 10.7. The zero-order valence-electron chi connectivity index (χ0n) is 20.3. The third-order valence-corrected chi connectivity index (χ3v) is 8.67. The molecule has 2 fully saturated rings. The summed E-state index contributed by atoms with van der Waals surface area (Å²) in [5, 5.41) is 11.2. The Labute approximate surface area is 206 Å². The van der Waals surface area contributed by atoms with Crippen molar-refractivity contribution in [1.29, 1.82) is 0 Å². The van der Waals surface area contributed by atoms with E-state index in [1.54, 1.807) is 6.07 Å². The van der Waals surface area contributed by atoms with Crippen molar-refractivity contribution in [1.82, 2.24) is 14.4 Å². The lowest BCUT2D eigenvalue weighted by Crippen LogP contribution is -2.54. The molecule has 1 spiro atoms. The van der Waals surface area contributed by atoms with Gasteiger partial charge in [0.05, 0.1) is 6.61 Å². The second kappa shape index (κ2) is 9.07. The van der Waals surface area contributed by atoms with Crippen LogP contribution < -0.4 is 0 Å². The van der Waals surface area contributed by atoms with Crippen molar-refractivity contribution in [3.05, 3.63) is 71.2 Å². The number of amides is 1. The van der Waals surface area contributed by atoms with Crippen LogP contribution in [0.25, 0.3) is 10.9 Å². The Morgan fingerprint density at radius 3 is 2.51 bits per heavy atom. The van der Waals surface area contributed by atoms with Crippen LogP contribution in [0.1, 0.15) is 48.9 Å². The number of carbonyl (C=O) groups is 1. The van der Waals surface area contributed by atoms with Crippen LogP contribution in [0, 0.1) is 11.7 Å². The predicted molar refractivity (Wildman–Crippen MR) is 134 cm³/mol. The molecule has 0 radical (unpaired) electrons. The smallest absolute Gasteiger partial charge is 0.225 e. The number of aromatic nitrogens is 1. The van der Waals surface area contributed by atoms with E-state index in [1.807, 2.05) is 12.1 Å². The number of aliphatic hydroxyl groups is 1. The normalized spacial score (nSPS) is 20.2. The van der Waals surface area contributed by atoms with Crippen LogP contribution in [0.3, 0.4) is 0 Å². The number of aliphatic hydroxyl groups excluding tert-OH is 1. The quantitative estimate of drug-likeness (QED) is 0.593. The Bertz CT molecular complexity index is 1240. The predicted octanol–water partition coefficient (Wildman–Crippen LogP) is 4.45. The standard InChI is InChI=1S/C29H34FN3O2/c30-24-10-3-1-6-22(24)18-31-19-26-27(23-9-2-4-11-25(23)33(26)16-17-34)29(20-31)12-14-32(15-13-29)28(35)21-7-5-8-21/h1-4,6,9-11,21,34H,5,7-8,12-20H2. The summed E-state index contributed by atoms with van der Waals surface area (Å²) in [6.45, 7) is 4.32. The lowest BCUT2D eigenvalue weighted by Gasteiger charge is -2.49. The zero-order valence-corrected chi connectivity index (χ0v) is 20.3. The van der Waals surface area contributed by atoms with Gasteiger partial charge in [-0.25, -0.2) is 4.39 Å². The van der Waals surface area contributed by atoms with Gasteiger partial charge in [-0.2, -0.15) is 0 Å². The van der Waals surface area contributed by atoms with Gasteiger partial charge in [-0.05, 0) is 43.4 Å². The Morgan fingerprint density at radius 2 is 1.80 bits per heavy atom. The van der Waals surface area contributed by atoms with Crippen molar-refractivity contribution in [2.24, 2.45) is 5.92 Å². The average molecular weight is 476 g/mol. The minimum absolute atomic E-state index is 0.0785. The summed E-state index contributed by atoms with van der Waals surface area (Å²) in [5.41, 5.74) is 4.42. The third-order valence-electron chi connectivity index (χ3n) is 8.67. The molecular weight excluding hydrogens is 441 g/mol. The molecule has 0 unspecified atom stereocenters. The Kier molecular flexibility index (Phi) is 5.89. The van der Waals surface area contributed by atoms with Gasteiger partial charge in [-0.3, -0.25) is 9.69 Å². The Morgan fingerprint density at radius 1 is 1.06 bits per heavy atom. The highest BCUT2D eigenvalue weighted by atomic mass is 19.1. The van der Waals surface area contributed by atoms with Crippen molar-refractivity contribution in [2.45, 2.75) is 57.2 Å². The van der Waals surface area contributed by atoms with Crippen molar-refractivity contribution >= 4 is 16.8 Å². The summed E-state index contributed by atoms with van der Waals surface area (Å²) < 4.78 is 16.9. The van der Waals surface area contributed by atoms with Crippen molar-refractivity contribution in [2.75, 3.05) is 26.2 Å².